The van der Waals surface area contributed by atoms with E-state index in [-0.39, 0.29) is 0 Å². The van der Waals surface area contributed by atoms with Gasteiger partial charge in [-0.15, -0.1) is 0 Å². The van der Waals surface area contributed by atoms with E-state index < -0.39 is 0 Å². The summed E-state index contributed by atoms with van der Waals surface area (Å²) in [7, 11) is 8.53. The second kappa shape index (κ2) is 8.39. The highest BCUT2D eigenvalue weighted by Crippen LogP contribution is 2.30. The summed E-state index contributed by atoms with van der Waals surface area (Å²) in [5.41, 5.74) is 3.83. The lowest BCUT2D eigenvalue weighted by atomic mass is 10.1. The summed E-state index contributed by atoms with van der Waals surface area (Å²) in [6.07, 6.45) is 2.30. The number of benzene rings is 2. The van der Waals surface area contributed by atoms with Gasteiger partial charge in [0.05, 0.1) is 5.52 Å². The van der Waals surface area contributed by atoms with E-state index >= 15 is 0 Å². The molecule has 1 aromatic heterocycles. The van der Waals surface area contributed by atoms with Crippen LogP contribution >= 0.6 is 0 Å². The molecule has 0 saturated heterocycles. The van der Waals surface area contributed by atoms with Gasteiger partial charge in [-0.25, -0.2) is 0 Å². The Morgan fingerprint density at radius 1 is 0.692 bits per heavy atom. The molecule has 0 saturated carbocycles. The molecule has 0 aliphatic rings. The van der Waals surface area contributed by atoms with E-state index in [0.29, 0.717) is 0 Å². The van der Waals surface area contributed by atoms with Crippen LogP contribution in [0.3, 0.4) is 0 Å². The van der Waals surface area contributed by atoms with Crippen molar-refractivity contribution in [1.82, 2.24) is 14.5 Å². The van der Waals surface area contributed by atoms with Gasteiger partial charge < -0.3 is 14.8 Å². The molecule has 0 radical (unpaired) electrons. The van der Waals surface area contributed by atoms with Gasteiger partial charge in [-0.1, -0.05) is 48.5 Å². The van der Waals surface area contributed by atoms with Gasteiger partial charge in [0, 0.05) is 43.3 Å². The SMILES string of the molecule is CN(C)CCN(CCN(C)C)n1cc(-c2ccccc2)c2ccccc21. The average Bonchev–Trinajstić information content (AvgIpc) is 3.02. The number of hydrogen-bond donors (Lipinski definition) is 0. The third kappa shape index (κ3) is 4.26. The second-order valence-corrected chi connectivity index (χ2v) is 7.33. The normalized spacial score (nSPS) is 11.6. The fourth-order valence-electron chi connectivity index (χ4n) is 3.20. The molecule has 0 amide bonds. The molecule has 4 heteroatoms. The van der Waals surface area contributed by atoms with E-state index in [1.807, 2.05) is 0 Å². The van der Waals surface area contributed by atoms with Crippen molar-refractivity contribution in [3.63, 3.8) is 0 Å². The quantitative estimate of drug-likeness (QED) is 0.619. The van der Waals surface area contributed by atoms with Crippen molar-refractivity contribution >= 4 is 10.9 Å². The number of aromatic nitrogens is 1. The highest BCUT2D eigenvalue weighted by atomic mass is 15.5. The zero-order valence-electron chi connectivity index (χ0n) is 16.4. The maximum atomic E-state index is 2.45. The van der Waals surface area contributed by atoms with Crippen LogP contribution in [0, 0.1) is 0 Å². The van der Waals surface area contributed by atoms with Crippen LogP contribution in [-0.4, -0.2) is 68.8 Å². The van der Waals surface area contributed by atoms with E-state index in [1.54, 1.807) is 0 Å². The van der Waals surface area contributed by atoms with Crippen LogP contribution in [0.2, 0.25) is 0 Å². The highest BCUT2D eigenvalue weighted by Gasteiger charge is 2.14. The van der Waals surface area contributed by atoms with Crippen LogP contribution in [0.1, 0.15) is 0 Å². The van der Waals surface area contributed by atoms with Crippen LogP contribution in [0.5, 0.6) is 0 Å². The fourth-order valence-corrected chi connectivity index (χ4v) is 3.20. The molecule has 4 nitrogen and oxygen atoms in total. The van der Waals surface area contributed by atoms with Crippen LogP contribution in [-0.2, 0) is 0 Å². The van der Waals surface area contributed by atoms with Crippen molar-refractivity contribution in [1.29, 1.82) is 0 Å². The minimum Gasteiger partial charge on any atom is -0.310 e. The number of para-hydroxylation sites is 1. The maximum Gasteiger partial charge on any atom is 0.0701 e. The van der Waals surface area contributed by atoms with Crippen molar-refractivity contribution < 1.29 is 0 Å². The number of nitrogens with zero attached hydrogens (tertiary/aromatic N) is 4. The van der Waals surface area contributed by atoms with Gasteiger partial charge in [-0.2, -0.15) is 0 Å². The fraction of sp³-hybridized carbons (Fsp3) is 0.364. The van der Waals surface area contributed by atoms with Gasteiger partial charge in [-0.3, -0.25) is 4.68 Å². The van der Waals surface area contributed by atoms with Gasteiger partial charge >= 0.3 is 0 Å². The van der Waals surface area contributed by atoms with Crippen LogP contribution < -0.4 is 5.01 Å². The zero-order chi connectivity index (χ0) is 18.5. The largest absolute Gasteiger partial charge is 0.310 e. The monoisotopic (exact) mass is 350 g/mol. The Morgan fingerprint density at radius 2 is 1.27 bits per heavy atom. The third-order valence-electron chi connectivity index (χ3n) is 4.69. The van der Waals surface area contributed by atoms with Crippen molar-refractivity contribution in [2.45, 2.75) is 0 Å². The maximum absolute atomic E-state index is 2.45. The van der Waals surface area contributed by atoms with Gasteiger partial charge in [0.15, 0.2) is 0 Å². The van der Waals surface area contributed by atoms with Gasteiger partial charge in [0.1, 0.15) is 0 Å². The molecule has 0 N–H and O–H groups in total. The predicted octanol–water partition coefficient (Wildman–Crippen LogP) is 3.37. The first-order valence-corrected chi connectivity index (χ1v) is 9.26. The van der Waals surface area contributed by atoms with Gasteiger partial charge in [-0.05, 0) is 39.8 Å². The molecule has 1 heterocycles. The molecule has 3 aromatic rings. The zero-order valence-corrected chi connectivity index (χ0v) is 16.4. The molecule has 0 aliphatic heterocycles. The predicted molar refractivity (Wildman–Crippen MR) is 112 cm³/mol. The number of rotatable bonds is 8. The molecular formula is C22H30N4. The first kappa shape index (κ1) is 18.5. The lowest BCUT2D eigenvalue weighted by Gasteiger charge is -2.29. The van der Waals surface area contributed by atoms with E-state index in [9.17, 15) is 0 Å². The highest BCUT2D eigenvalue weighted by molar-refractivity contribution is 5.96. The number of hydrogen-bond acceptors (Lipinski definition) is 3. The van der Waals surface area contributed by atoms with E-state index in [4.69, 9.17) is 0 Å². The summed E-state index contributed by atoms with van der Waals surface area (Å²) in [5.74, 6) is 0. The Labute approximate surface area is 157 Å². The molecule has 0 aliphatic carbocycles. The second-order valence-electron chi connectivity index (χ2n) is 7.33. The molecule has 0 bridgehead atoms. The Kier molecular flexibility index (Phi) is 5.96. The minimum absolute atomic E-state index is 0.994. The molecule has 138 valence electrons. The molecule has 0 fully saturated rings. The molecule has 2 aromatic carbocycles. The standard InChI is InChI=1S/C22H30N4/c1-23(2)14-16-25(17-15-24(3)4)26-18-21(19-10-6-5-7-11-19)20-12-8-9-13-22(20)26/h5-13,18H,14-17H2,1-4H3. The Morgan fingerprint density at radius 3 is 1.88 bits per heavy atom. The van der Waals surface area contributed by atoms with Gasteiger partial charge in [0.2, 0.25) is 0 Å². The van der Waals surface area contributed by atoms with Crippen molar-refractivity contribution in [2.75, 3.05) is 59.4 Å². The summed E-state index contributed by atoms with van der Waals surface area (Å²) in [5, 5.41) is 3.76. The lowest BCUT2D eigenvalue weighted by Crippen LogP contribution is -2.43. The lowest BCUT2D eigenvalue weighted by molar-refractivity contribution is 0.368. The summed E-state index contributed by atoms with van der Waals surface area (Å²) in [6, 6.07) is 19.4. The smallest absolute Gasteiger partial charge is 0.0701 e. The van der Waals surface area contributed by atoms with Crippen molar-refractivity contribution in [3.05, 3.63) is 60.8 Å². The topological polar surface area (TPSA) is 14.7 Å². The van der Waals surface area contributed by atoms with E-state index in [0.717, 1.165) is 26.2 Å². The van der Waals surface area contributed by atoms with Crippen molar-refractivity contribution in [3.8, 4) is 11.1 Å². The summed E-state index contributed by atoms with van der Waals surface area (Å²) in [4.78, 5) is 4.49. The first-order valence-electron chi connectivity index (χ1n) is 9.26. The molecular weight excluding hydrogens is 320 g/mol. The van der Waals surface area contributed by atoms with Crippen molar-refractivity contribution in [2.24, 2.45) is 0 Å². The Balaban J connectivity index is 2.03. The van der Waals surface area contributed by atoms with Gasteiger partial charge in [0.25, 0.3) is 0 Å². The first-order chi connectivity index (χ1) is 12.6. The summed E-state index contributed by atoms with van der Waals surface area (Å²) < 4.78 is 2.35. The molecule has 26 heavy (non-hydrogen) atoms. The van der Waals surface area contributed by atoms with Crippen LogP contribution in [0.4, 0.5) is 0 Å². The average molecular weight is 351 g/mol. The number of likely N-dealkylation sites (N-methyl/N-ethyl adjacent to an activating group) is 2. The molecule has 3 rings (SSSR count). The van der Waals surface area contributed by atoms with E-state index in [2.05, 4.69) is 108 Å². The molecule has 0 unspecified atom stereocenters. The Bertz CT molecular complexity index is 809. The molecule has 0 spiro atoms. The summed E-state index contributed by atoms with van der Waals surface area (Å²) >= 11 is 0. The summed E-state index contributed by atoms with van der Waals surface area (Å²) in [6.45, 7) is 4.04. The Hall–Kier alpha value is -2.30. The third-order valence-corrected chi connectivity index (χ3v) is 4.69. The minimum atomic E-state index is 0.994. The van der Waals surface area contributed by atoms with Crippen LogP contribution in [0.25, 0.3) is 22.0 Å². The van der Waals surface area contributed by atoms with E-state index in [1.165, 1.54) is 22.0 Å². The van der Waals surface area contributed by atoms with Crippen LogP contribution in [0.15, 0.2) is 60.8 Å². The number of fused-ring (bicyclic) bond motifs is 1. The molecule has 0 atom stereocenters.